The number of hydrogen-bond donors (Lipinski definition) is 3. The third kappa shape index (κ3) is 3.42. The van der Waals surface area contributed by atoms with E-state index >= 15 is 0 Å². The molecule has 0 aromatic heterocycles. The van der Waals surface area contributed by atoms with E-state index in [1.54, 1.807) is 6.07 Å². The van der Waals surface area contributed by atoms with Crippen LogP contribution in [0.5, 0.6) is 11.5 Å². The van der Waals surface area contributed by atoms with Crippen LogP contribution in [0.3, 0.4) is 0 Å². The molecule has 1 aromatic carbocycles. The normalized spacial score (nSPS) is 14.7. The third-order valence-electron chi connectivity index (χ3n) is 3.17. The van der Waals surface area contributed by atoms with Gasteiger partial charge in [0.25, 0.3) is 0 Å². The molecular weight excluding hydrogens is 202 g/mol. The van der Waals surface area contributed by atoms with Crippen molar-refractivity contribution < 1.29 is 10.2 Å². The molecule has 16 heavy (non-hydrogen) atoms. The predicted molar refractivity (Wildman–Crippen MR) is 65.5 cm³/mol. The van der Waals surface area contributed by atoms with E-state index in [9.17, 15) is 10.2 Å². The van der Waals surface area contributed by atoms with Crippen molar-refractivity contribution in [2.75, 3.05) is 0 Å². The van der Waals surface area contributed by atoms with Crippen LogP contribution in [0.4, 0.5) is 0 Å². The van der Waals surface area contributed by atoms with E-state index in [4.69, 9.17) is 0 Å². The number of aromatic hydroxyl groups is 2. The van der Waals surface area contributed by atoms with Gasteiger partial charge in [0.1, 0.15) is 0 Å². The minimum Gasteiger partial charge on any atom is -0.504 e. The van der Waals surface area contributed by atoms with Gasteiger partial charge in [0.05, 0.1) is 0 Å². The molecule has 1 rings (SSSR count). The minimum absolute atomic E-state index is 0.0597. The summed E-state index contributed by atoms with van der Waals surface area (Å²) in [7, 11) is 0. The van der Waals surface area contributed by atoms with Gasteiger partial charge in [-0.2, -0.15) is 0 Å². The van der Waals surface area contributed by atoms with Crippen molar-refractivity contribution in [2.45, 2.75) is 39.8 Å². The van der Waals surface area contributed by atoms with Gasteiger partial charge in [-0.05, 0) is 30.5 Å². The molecule has 0 bridgehead atoms. The monoisotopic (exact) mass is 223 g/mol. The topological polar surface area (TPSA) is 52.5 Å². The summed E-state index contributed by atoms with van der Waals surface area (Å²) in [6.45, 7) is 7.26. The first-order valence-corrected chi connectivity index (χ1v) is 5.78. The summed E-state index contributed by atoms with van der Waals surface area (Å²) in [5.41, 5.74) is 0.977. The zero-order chi connectivity index (χ0) is 12.1. The second-order valence-electron chi connectivity index (χ2n) is 4.38. The Morgan fingerprint density at radius 1 is 1.19 bits per heavy atom. The highest BCUT2D eigenvalue weighted by Crippen LogP contribution is 2.24. The fourth-order valence-corrected chi connectivity index (χ4v) is 1.51. The van der Waals surface area contributed by atoms with E-state index < -0.39 is 0 Å². The summed E-state index contributed by atoms with van der Waals surface area (Å²) in [4.78, 5) is 0. The Morgan fingerprint density at radius 2 is 1.88 bits per heavy atom. The zero-order valence-corrected chi connectivity index (χ0v) is 10.2. The number of phenols is 2. The first-order chi connectivity index (χ1) is 7.54. The Bertz CT molecular complexity index is 339. The van der Waals surface area contributed by atoms with Crippen molar-refractivity contribution in [3.8, 4) is 11.5 Å². The molecule has 3 heteroatoms. The van der Waals surface area contributed by atoms with E-state index in [1.165, 1.54) is 6.07 Å². The highest BCUT2D eigenvalue weighted by molar-refractivity contribution is 5.40. The SMILES string of the molecule is CCC(C)C(C)NCc1ccc(O)c(O)c1. The molecule has 0 radical (unpaired) electrons. The Kier molecular flexibility index (Phi) is 4.62. The predicted octanol–water partition coefficient (Wildman–Crippen LogP) is 2.62. The quantitative estimate of drug-likeness (QED) is 0.673. The van der Waals surface area contributed by atoms with Crippen LogP contribution >= 0.6 is 0 Å². The molecule has 0 saturated carbocycles. The van der Waals surface area contributed by atoms with Gasteiger partial charge in [0.15, 0.2) is 11.5 Å². The molecule has 3 nitrogen and oxygen atoms in total. The third-order valence-corrected chi connectivity index (χ3v) is 3.17. The van der Waals surface area contributed by atoms with Crippen LogP contribution < -0.4 is 5.32 Å². The van der Waals surface area contributed by atoms with Gasteiger partial charge in [-0.15, -0.1) is 0 Å². The summed E-state index contributed by atoms with van der Waals surface area (Å²) in [5.74, 6) is 0.500. The molecule has 1 aromatic rings. The molecule has 0 fully saturated rings. The van der Waals surface area contributed by atoms with Gasteiger partial charge < -0.3 is 15.5 Å². The van der Waals surface area contributed by atoms with E-state index in [-0.39, 0.29) is 11.5 Å². The fraction of sp³-hybridized carbons (Fsp3) is 0.538. The lowest BCUT2D eigenvalue weighted by Crippen LogP contribution is -2.31. The lowest BCUT2D eigenvalue weighted by molar-refractivity contribution is 0.386. The van der Waals surface area contributed by atoms with Gasteiger partial charge >= 0.3 is 0 Å². The second kappa shape index (κ2) is 5.75. The van der Waals surface area contributed by atoms with Crippen LogP contribution in [0.2, 0.25) is 0 Å². The van der Waals surface area contributed by atoms with Crippen LogP contribution in [0.15, 0.2) is 18.2 Å². The van der Waals surface area contributed by atoms with Gasteiger partial charge in [-0.25, -0.2) is 0 Å². The molecule has 0 aliphatic heterocycles. The largest absolute Gasteiger partial charge is 0.504 e. The van der Waals surface area contributed by atoms with Crippen molar-refractivity contribution in [1.29, 1.82) is 0 Å². The molecule has 90 valence electrons. The van der Waals surface area contributed by atoms with Gasteiger partial charge in [0.2, 0.25) is 0 Å². The molecule has 0 heterocycles. The fourth-order valence-electron chi connectivity index (χ4n) is 1.51. The summed E-state index contributed by atoms with van der Waals surface area (Å²) in [5, 5.41) is 21.9. The lowest BCUT2D eigenvalue weighted by Gasteiger charge is -2.20. The van der Waals surface area contributed by atoms with Gasteiger partial charge in [0, 0.05) is 12.6 Å². The van der Waals surface area contributed by atoms with Crippen LogP contribution in [-0.2, 0) is 6.54 Å². The number of benzene rings is 1. The Morgan fingerprint density at radius 3 is 2.44 bits per heavy atom. The second-order valence-corrected chi connectivity index (χ2v) is 4.38. The van der Waals surface area contributed by atoms with E-state index in [0.717, 1.165) is 12.0 Å². The Labute approximate surface area is 97.1 Å². The summed E-state index contributed by atoms with van der Waals surface area (Å²) >= 11 is 0. The molecule has 0 aliphatic carbocycles. The van der Waals surface area contributed by atoms with Crippen LogP contribution in [0.25, 0.3) is 0 Å². The van der Waals surface area contributed by atoms with E-state index in [2.05, 4.69) is 26.1 Å². The van der Waals surface area contributed by atoms with Crippen molar-refractivity contribution in [3.05, 3.63) is 23.8 Å². The van der Waals surface area contributed by atoms with Crippen LogP contribution in [0, 0.1) is 5.92 Å². The average molecular weight is 223 g/mol. The molecule has 2 unspecified atom stereocenters. The minimum atomic E-state index is -0.0706. The maximum Gasteiger partial charge on any atom is 0.157 e. The lowest BCUT2D eigenvalue weighted by atomic mass is 10.0. The Hall–Kier alpha value is -1.22. The number of rotatable bonds is 5. The van der Waals surface area contributed by atoms with Gasteiger partial charge in [-0.3, -0.25) is 0 Å². The zero-order valence-electron chi connectivity index (χ0n) is 10.2. The van der Waals surface area contributed by atoms with Crippen molar-refractivity contribution in [2.24, 2.45) is 5.92 Å². The van der Waals surface area contributed by atoms with Crippen molar-refractivity contribution in [3.63, 3.8) is 0 Å². The van der Waals surface area contributed by atoms with Crippen LogP contribution in [0.1, 0.15) is 32.8 Å². The van der Waals surface area contributed by atoms with E-state index in [1.807, 2.05) is 6.07 Å². The molecule has 0 saturated heterocycles. The maximum atomic E-state index is 9.34. The molecule has 2 atom stereocenters. The summed E-state index contributed by atoms with van der Waals surface area (Å²) < 4.78 is 0. The average Bonchev–Trinajstić information content (AvgIpc) is 2.29. The maximum absolute atomic E-state index is 9.34. The highest BCUT2D eigenvalue weighted by atomic mass is 16.3. The van der Waals surface area contributed by atoms with Gasteiger partial charge in [-0.1, -0.05) is 26.3 Å². The number of nitrogens with one attached hydrogen (secondary N) is 1. The number of phenolic OH excluding ortho intramolecular Hbond substituents is 2. The summed E-state index contributed by atoms with van der Waals surface area (Å²) in [6, 6.07) is 5.36. The van der Waals surface area contributed by atoms with Crippen molar-refractivity contribution >= 4 is 0 Å². The molecule has 0 amide bonds. The standard InChI is InChI=1S/C13H21NO2/c1-4-9(2)10(3)14-8-11-5-6-12(15)13(16)7-11/h5-7,9-10,14-16H,4,8H2,1-3H3. The first-order valence-electron chi connectivity index (χ1n) is 5.78. The number of hydrogen-bond acceptors (Lipinski definition) is 3. The van der Waals surface area contributed by atoms with Crippen molar-refractivity contribution in [1.82, 2.24) is 5.32 Å². The summed E-state index contributed by atoms with van der Waals surface area (Å²) in [6.07, 6.45) is 1.15. The first kappa shape index (κ1) is 12.8. The smallest absolute Gasteiger partial charge is 0.157 e. The van der Waals surface area contributed by atoms with E-state index in [0.29, 0.717) is 18.5 Å². The Balaban J connectivity index is 2.51. The molecule has 0 spiro atoms. The molecule has 0 aliphatic rings. The molecular formula is C13H21NO2. The highest BCUT2D eigenvalue weighted by Gasteiger charge is 2.09. The molecule has 3 N–H and O–H groups in total. The van der Waals surface area contributed by atoms with Crippen LogP contribution in [-0.4, -0.2) is 16.3 Å².